The monoisotopic (exact) mass is 1020 g/mol. The molecule has 0 radical (unpaired) electrons. The van der Waals surface area contributed by atoms with Crippen LogP contribution in [0.4, 0.5) is 22.0 Å². The molecule has 0 aliphatic carbocycles. The number of likely N-dealkylation sites (N-methyl/N-ethyl adjacent to an activating group) is 1. The van der Waals surface area contributed by atoms with Gasteiger partial charge >= 0.3 is 6.18 Å². The topological polar surface area (TPSA) is 155 Å². The number of fused-ring (bicyclic) bond motifs is 6. The molecule has 14 nitrogen and oxygen atoms in total. The second kappa shape index (κ2) is 23.0. The molecule has 2 N–H and O–H groups in total. The highest BCUT2D eigenvalue weighted by molar-refractivity contribution is 5.96. The van der Waals surface area contributed by atoms with Crippen molar-refractivity contribution in [1.29, 1.82) is 0 Å². The van der Waals surface area contributed by atoms with Gasteiger partial charge in [-0.3, -0.25) is 29.2 Å². The molecule has 0 spiro atoms. The van der Waals surface area contributed by atoms with Crippen LogP contribution < -0.4 is 10.7 Å². The molecule has 396 valence electrons. The van der Waals surface area contributed by atoms with Crippen molar-refractivity contribution in [2.75, 3.05) is 47.0 Å². The molecule has 4 heterocycles. The van der Waals surface area contributed by atoms with Gasteiger partial charge in [0.05, 0.1) is 36.6 Å². The Hall–Kier alpha value is -6.05. The minimum atomic E-state index is -4.70. The number of hydrazine groups is 1. The first kappa shape index (κ1) is 56.2. The summed E-state index contributed by atoms with van der Waals surface area (Å²) in [4.78, 5) is 76.3. The van der Waals surface area contributed by atoms with Crippen LogP contribution in [0.5, 0.6) is 0 Å². The summed E-state index contributed by atoms with van der Waals surface area (Å²) in [7, 11) is 2.94. The van der Waals surface area contributed by atoms with Crippen LogP contribution >= 0.6 is 0 Å². The number of hydrogen-bond acceptors (Lipinski definition) is 9. The van der Waals surface area contributed by atoms with Crippen molar-refractivity contribution in [1.82, 2.24) is 30.1 Å². The number of ether oxygens (including phenoxy) is 2. The Morgan fingerprint density at radius 3 is 2.40 bits per heavy atom. The average Bonchev–Trinajstić information content (AvgIpc) is 3.94. The minimum absolute atomic E-state index is 0.00434. The molecular formula is C54H68F5N7O7. The van der Waals surface area contributed by atoms with Gasteiger partial charge in [0.15, 0.2) is 0 Å². The zero-order valence-corrected chi connectivity index (χ0v) is 42.9. The maximum atomic E-state index is 15.1. The fourth-order valence-corrected chi connectivity index (χ4v) is 10.4. The van der Waals surface area contributed by atoms with Crippen molar-refractivity contribution in [3.63, 3.8) is 0 Å². The first-order valence-electron chi connectivity index (χ1n) is 24.5. The molecular weight excluding hydrogens is 954 g/mol. The van der Waals surface area contributed by atoms with Gasteiger partial charge in [0, 0.05) is 68.5 Å². The Bertz CT molecular complexity index is 2660. The largest absolute Gasteiger partial charge is 0.406 e. The van der Waals surface area contributed by atoms with E-state index in [2.05, 4.69) is 28.9 Å². The number of nitrogens with zero attached hydrogens (tertiary/aromatic N) is 5. The van der Waals surface area contributed by atoms with Gasteiger partial charge in [0.2, 0.25) is 17.7 Å². The van der Waals surface area contributed by atoms with Crippen LogP contribution in [0, 0.1) is 17.3 Å². The number of likely N-dealkylation sites (tertiary alicyclic amines) is 1. The number of allylic oxidation sites excluding steroid dienone is 2. The summed E-state index contributed by atoms with van der Waals surface area (Å²) in [6, 6.07) is 6.31. The smallest absolute Gasteiger partial charge is 0.378 e. The van der Waals surface area contributed by atoms with E-state index >= 15 is 8.78 Å². The lowest BCUT2D eigenvalue weighted by atomic mass is 9.83. The molecule has 19 heteroatoms. The molecule has 0 unspecified atom stereocenters. The fourth-order valence-electron chi connectivity index (χ4n) is 10.4. The highest BCUT2D eigenvalue weighted by atomic mass is 19.4. The Morgan fingerprint density at radius 2 is 1.78 bits per heavy atom. The van der Waals surface area contributed by atoms with E-state index in [0.717, 1.165) is 0 Å². The Labute approximate surface area is 423 Å². The maximum Gasteiger partial charge on any atom is 0.406 e. The summed E-state index contributed by atoms with van der Waals surface area (Å²) in [5.74, 6) is -3.17. The van der Waals surface area contributed by atoms with Crippen molar-refractivity contribution in [3.05, 3.63) is 89.8 Å². The summed E-state index contributed by atoms with van der Waals surface area (Å²) in [6.45, 7) is 17.1. The van der Waals surface area contributed by atoms with E-state index in [1.807, 2.05) is 13.8 Å². The van der Waals surface area contributed by atoms with E-state index < -0.39 is 77.5 Å². The number of amides is 4. The summed E-state index contributed by atoms with van der Waals surface area (Å²) in [5.41, 5.74) is 2.69. The normalized spacial score (nSPS) is 22.0. The van der Waals surface area contributed by atoms with Crippen molar-refractivity contribution >= 4 is 52.6 Å². The molecule has 6 rings (SSSR count). The van der Waals surface area contributed by atoms with E-state index in [9.17, 15) is 37.1 Å². The van der Waals surface area contributed by atoms with Crippen LogP contribution in [0.3, 0.4) is 0 Å². The van der Waals surface area contributed by atoms with E-state index in [0.29, 0.717) is 47.9 Å². The number of carbonyl (C=O) groups excluding carboxylic acids is 5. The number of aldehydes is 1. The molecule has 1 aromatic heterocycles. The predicted molar refractivity (Wildman–Crippen MR) is 269 cm³/mol. The van der Waals surface area contributed by atoms with Crippen molar-refractivity contribution in [3.8, 4) is 11.1 Å². The number of aromatic nitrogens is 1. The van der Waals surface area contributed by atoms with E-state index in [4.69, 9.17) is 9.47 Å². The molecule has 2 fully saturated rings. The third-order valence-corrected chi connectivity index (χ3v) is 14.0. The van der Waals surface area contributed by atoms with Gasteiger partial charge in [0.1, 0.15) is 30.5 Å². The lowest BCUT2D eigenvalue weighted by Crippen LogP contribution is -2.66. The molecule has 3 aromatic rings. The Balaban J connectivity index is 1.55. The van der Waals surface area contributed by atoms with E-state index in [1.165, 1.54) is 70.1 Å². The summed E-state index contributed by atoms with van der Waals surface area (Å²) >= 11 is 0. The molecule has 4 amide bonds. The molecule has 6 bridgehead atoms. The number of benzene rings is 2. The number of methoxy groups -OCH3 is 1. The lowest BCUT2D eigenvalue weighted by Gasteiger charge is -2.42. The fraction of sp³-hybridized carbons (Fsp3) is 0.519. The summed E-state index contributed by atoms with van der Waals surface area (Å²) in [6.07, 6.45) is -2.86. The van der Waals surface area contributed by atoms with E-state index in [-0.39, 0.29) is 85.3 Å². The number of carbonyl (C=O) groups is 5. The molecule has 2 aromatic carbocycles. The Morgan fingerprint density at radius 1 is 1.05 bits per heavy atom. The number of nitrogens with one attached hydrogen (secondary N) is 2. The van der Waals surface area contributed by atoms with Gasteiger partial charge in [0.25, 0.3) is 12.3 Å². The number of halogens is 5. The Kier molecular flexibility index (Phi) is 17.7. The summed E-state index contributed by atoms with van der Waals surface area (Å²) in [5, 5.41) is 4.48. The van der Waals surface area contributed by atoms with Gasteiger partial charge in [-0.2, -0.15) is 13.2 Å². The zero-order chi connectivity index (χ0) is 53.7. The van der Waals surface area contributed by atoms with Crippen LogP contribution in [0.15, 0.2) is 72.4 Å². The van der Waals surface area contributed by atoms with Crippen LogP contribution in [0.1, 0.15) is 89.6 Å². The third-order valence-electron chi connectivity index (χ3n) is 14.0. The average molecular weight is 1020 g/mol. The standard InChI is InChI=1S/C54H68F5N7O7/c1-11-39(45(60-13-3)33(6)72-10)47-41-26-52(7,8)30-73-31-53(29-67)18-14-19-66(62-53)51(71)42(61-49(69)46(32(4)5)63(9)50(70)36-17-20-64(27-36)44(68)12-2)23-34-21-37(24-38(22-34)48(55)56)35-15-16-43(40(41)25-35)65(47)28-54(57,58)59/h11-13,15-16,21-22,24-25,29,32-33,36,42,46,48,62H,1-2,14,17-20,23,26-28,30-31H2,3-10H3,(H,61,69)/b45-39+,60-13?/t33-,36-,42-,46-,53-/m0/s1. The third kappa shape index (κ3) is 12.7. The van der Waals surface area contributed by atoms with Crippen molar-refractivity contribution < 1.29 is 55.4 Å². The molecule has 0 saturated carbocycles. The zero-order valence-electron chi connectivity index (χ0n) is 42.9. The molecule has 3 aliphatic rings. The molecule has 3 aliphatic heterocycles. The van der Waals surface area contributed by atoms with Crippen molar-refractivity contribution in [2.45, 2.75) is 117 Å². The van der Waals surface area contributed by atoms with Crippen LogP contribution in [0.2, 0.25) is 0 Å². The van der Waals surface area contributed by atoms with Gasteiger partial charge in [-0.05, 0) is 97.4 Å². The second-order valence-corrected chi connectivity index (χ2v) is 20.5. The van der Waals surface area contributed by atoms with E-state index in [1.54, 1.807) is 45.9 Å². The van der Waals surface area contributed by atoms with Gasteiger partial charge < -0.3 is 34.0 Å². The summed E-state index contributed by atoms with van der Waals surface area (Å²) < 4.78 is 87.7. The van der Waals surface area contributed by atoms with Crippen LogP contribution in [-0.2, 0) is 52.8 Å². The molecule has 5 atom stereocenters. The molecule has 2 saturated heterocycles. The number of aliphatic imine (C=N–C) groups is 1. The quantitative estimate of drug-likeness (QED) is 0.0541. The maximum absolute atomic E-state index is 15.1. The molecule has 73 heavy (non-hydrogen) atoms. The minimum Gasteiger partial charge on any atom is -0.378 e. The van der Waals surface area contributed by atoms with Gasteiger partial charge in [-0.25, -0.2) is 14.2 Å². The van der Waals surface area contributed by atoms with Gasteiger partial charge in [-0.1, -0.05) is 65.1 Å². The second-order valence-electron chi connectivity index (χ2n) is 20.5. The number of hydrogen-bond donors (Lipinski definition) is 2. The SMILES string of the molecule is C=CC(=O)N1CC[C@H](C(=O)N(C)[C@H](C(=O)N[C@H]2Cc3cc(cc(C(F)F)c3)-c3ccc4c(c3)c(c(/C(C=C)=C(/N=CC)[C@H](C)OC)n4CC(F)(F)F)CC(C)(C)COC[C@@]3(C=O)CCCN(N3)C2=O)C(C)C)C1. The van der Waals surface area contributed by atoms with Crippen LogP contribution in [0.25, 0.3) is 27.6 Å². The highest BCUT2D eigenvalue weighted by Gasteiger charge is 2.43. The lowest BCUT2D eigenvalue weighted by molar-refractivity contribution is -0.149. The number of alkyl halides is 5. The van der Waals surface area contributed by atoms with Crippen molar-refractivity contribution in [2.24, 2.45) is 22.2 Å². The van der Waals surface area contributed by atoms with Gasteiger partial charge in [-0.15, -0.1) is 0 Å². The highest BCUT2D eigenvalue weighted by Crippen LogP contribution is 2.42. The van der Waals surface area contributed by atoms with Crippen LogP contribution in [-0.4, -0.2) is 132 Å². The predicted octanol–water partition coefficient (Wildman–Crippen LogP) is 8.04. The number of rotatable bonds is 14. The first-order valence-corrected chi connectivity index (χ1v) is 24.5. The first-order chi connectivity index (χ1) is 34.4.